The molecule has 0 heterocycles. The number of rotatable bonds is 5. The Labute approximate surface area is 123 Å². The minimum atomic E-state index is -0.993. The quantitative estimate of drug-likeness (QED) is 0.885. The molecule has 21 heavy (non-hydrogen) atoms. The van der Waals surface area contributed by atoms with Gasteiger partial charge in [0.05, 0.1) is 5.56 Å². The molecule has 2 N–H and O–H groups in total. The van der Waals surface area contributed by atoms with Gasteiger partial charge in [-0.3, -0.25) is 4.79 Å². The Kier molecular flexibility index (Phi) is 4.72. The molecule has 4 heteroatoms. The van der Waals surface area contributed by atoms with E-state index in [1.54, 1.807) is 19.1 Å². The number of aryl methyl sites for hydroxylation is 1. The molecule has 0 unspecified atom stereocenters. The van der Waals surface area contributed by atoms with Crippen molar-refractivity contribution >= 4 is 17.6 Å². The number of anilines is 1. The lowest BCUT2D eigenvalue weighted by atomic mass is 10.1. The number of carbonyl (C=O) groups excluding carboxylic acids is 1. The molecule has 2 aromatic rings. The smallest absolute Gasteiger partial charge is 0.336 e. The van der Waals surface area contributed by atoms with E-state index in [1.807, 2.05) is 30.3 Å². The van der Waals surface area contributed by atoms with Crippen molar-refractivity contribution < 1.29 is 14.7 Å². The Morgan fingerprint density at radius 3 is 2.43 bits per heavy atom. The Morgan fingerprint density at radius 1 is 1.05 bits per heavy atom. The van der Waals surface area contributed by atoms with Gasteiger partial charge in [-0.05, 0) is 36.6 Å². The third-order valence-corrected chi connectivity index (χ3v) is 3.32. The molecule has 1 amide bonds. The molecule has 0 spiro atoms. The summed E-state index contributed by atoms with van der Waals surface area (Å²) in [7, 11) is 0. The van der Waals surface area contributed by atoms with Crippen LogP contribution >= 0.6 is 0 Å². The van der Waals surface area contributed by atoms with Gasteiger partial charge in [-0.25, -0.2) is 4.79 Å². The van der Waals surface area contributed by atoms with Crippen LogP contribution in [0.1, 0.15) is 27.9 Å². The second-order valence-corrected chi connectivity index (χ2v) is 4.82. The van der Waals surface area contributed by atoms with Crippen molar-refractivity contribution in [3.63, 3.8) is 0 Å². The zero-order valence-corrected chi connectivity index (χ0v) is 11.8. The molecule has 2 aromatic carbocycles. The summed E-state index contributed by atoms with van der Waals surface area (Å²) in [5, 5.41) is 11.8. The first-order valence-electron chi connectivity index (χ1n) is 6.74. The second-order valence-electron chi connectivity index (χ2n) is 4.82. The van der Waals surface area contributed by atoms with Crippen LogP contribution in [0.15, 0.2) is 48.5 Å². The van der Waals surface area contributed by atoms with Crippen LogP contribution in [0.4, 0.5) is 5.69 Å². The van der Waals surface area contributed by atoms with Crippen molar-refractivity contribution in [3.05, 3.63) is 65.2 Å². The van der Waals surface area contributed by atoms with Gasteiger partial charge in [-0.2, -0.15) is 0 Å². The number of benzene rings is 2. The van der Waals surface area contributed by atoms with Crippen LogP contribution < -0.4 is 5.32 Å². The van der Waals surface area contributed by atoms with Crippen molar-refractivity contribution in [2.45, 2.75) is 19.8 Å². The molecule has 0 fully saturated rings. The monoisotopic (exact) mass is 283 g/mol. The third kappa shape index (κ3) is 3.92. The number of amides is 1. The summed E-state index contributed by atoms with van der Waals surface area (Å²) < 4.78 is 0. The van der Waals surface area contributed by atoms with Gasteiger partial charge in [0.25, 0.3) is 0 Å². The molecule has 4 nitrogen and oxygen atoms in total. The SMILES string of the molecule is Cc1c(NC(=O)CCc2ccccc2)cccc1C(=O)O. The lowest BCUT2D eigenvalue weighted by Crippen LogP contribution is -2.14. The fourth-order valence-corrected chi connectivity index (χ4v) is 2.12. The molecular weight excluding hydrogens is 266 g/mol. The van der Waals surface area contributed by atoms with Crippen molar-refractivity contribution in [2.24, 2.45) is 0 Å². The molecule has 2 rings (SSSR count). The molecule has 0 aliphatic heterocycles. The predicted octanol–water partition coefficient (Wildman–Crippen LogP) is 3.26. The molecule has 0 bridgehead atoms. The second kappa shape index (κ2) is 6.70. The highest BCUT2D eigenvalue weighted by Gasteiger charge is 2.11. The van der Waals surface area contributed by atoms with E-state index in [9.17, 15) is 9.59 Å². The van der Waals surface area contributed by atoms with Crippen molar-refractivity contribution in [1.29, 1.82) is 0 Å². The summed E-state index contributed by atoms with van der Waals surface area (Å²) in [6.07, 6.45) is 1.02. The number of carboxylic acids is 1. The lowest BCUT2D eigenvalue weighted by molar-refractivity contribution is -0.116. The first-order valence-corrected chi connectivity index (χ1v) is 6.74. The van der Waals surface area contributed by atoms with E-state index in [4.69, 9.17) is 5.11 Å². The topological polar surface area (TPSA) is 66.4 Å². The Balaban J connectivity index is 2.00. The van der Waals surface area contributed by atoms with Gasteiger partial charge in [0.2, 0.25) is 5.91 Å². The average Bonchev–Trinajstić information content (AvgIpc) is 2.48. The maximum Gasteiger partial charge on any atom is 0.336 e. The van der Waals surface area contributed by atoms with Crippen molar-refractivity contribution in [3.8, 4) is 0 Å². The van der Waals surface area contributed by atoms with Gasteiger partial charge >= 0.3 is 5.97 Å². The summed E-state index contributed by atoms with van der Waals surface area (Å²) in [5.74, 6) is -1.11. The Bertz CT molecular complexity index is 650. The van der Waals surface area contributed by atoms with Crippen LogP contribution in [-0.4, -0.2) is 17.0 Å². The Morgan fingerprint density at radius 2 is 1.76 bits per heavy atom. The van der Waals surface area contributed by atoms with E-state index in [-0.39, 0.29) is 11.5 Å². The molecular formula is C17H17NO3. The van der Waals surface area contributed by atoms with Gasteiger partial charge in [0, 0.05) is 12.1 Å². The normalized spacial score (nSPS) is 10.1. The van der Waals surface area contributed by atoms with Crippen LogP contribution in [0.25, 0.3) is 0 Å². The minimum absolute atomic E-state index is 0.121. The third-order valence-electron chi connectivity index (χ3n) is 3.32. The van der Waals surface area contributed by atoms with Gasteiger partial charge in [0.1, 0.15) is 0 Å². The number of hydrogen-bond acceptors (Lipinski definition) is 2. The number of aromatic carboxylic acids is 1. The van der Waals surface area contributed by atoms with Crippen molar-refractivity contribution in [1.82, 2.24) is 0 Å². The highest BCUT2D eigenvalue weighted by molar-refractivity contribution is 5.96. The predicted molar refractivity (Wildman–Crippen MR) is 81.5 cm³/mol. The first kappa shape index (κ1) is 14.8. The lowest BCUT2D eigenvalue weighted by Gasteiger charge is -2.10. The summed E-state index contributed by atoms with van der Waals surface area (Å²) in [6.45, 7) is 1.69. The van der Waals surface area contributed by atoms with Crippen LogP contribution in [0.3, 0.4) is 0 Å². The van der Waals surface area contributed by atoms with Gasteiger partial charge < -0.3 is 10.4 Å². The van der Waals surface area contributed by atoms with E-state index in [0.29, 0.717) is 24.1 Å². The highest BCUT2D eigenvalue weighted by Crippen LogP contribution is 2.19. The zero-order chi connectivity index (χ0) is 15.2. The number of nitrogens with one attached hydrogen (secondary N) is 1. The molecule has 0 saturated heterocycles. The molecule has 0 aliphatic rings. The summed E-state index contributed by atoms with van der Waals surface area (Å²) in [6, 6.07) is 14.6. The first-order chi connectivity index (χ1) is 10.1. The van der Waals surface area contributed by atoms with Crippen LogP contribution in [0.2, 0.25) is 0 Å². The largest absolute Gasteiger partial charge is 0.478 e. The van der Waals surface area contributed by atoms with Gasteiger partial charge in [0.15, 0.2) is 0 Å². The molecule has 0 atom stereocenters. The molecule has 0 radical (unpaired) electrons. The number of hydrogen-bond donors (Lipinski definition) is 2. The molecule has 108 valence electrons. The maximum absolute atomic E-state index is 12.0. The fraction of sp³-hybridized carbons (Fsp3) is 0.176. The van der Waals surface area contributed by atoms with Crippen LogP contribution in [0.5, 0.6) is 0 Å². The van der Waals surface area contributed by atoms with E-state index >= 15 is 0 Å². The van der Waals surface area contributed by atoms with E-state index in [0.717, 1.165) is 5.56 Å². The maximum atomic E-state index is 12.0. The minimum Gasteiger partial charge on any atom is -0.478 e. The Hall–Kier alpha value is -2.62. The molecule has 0 saturated carbocycles. The summed E-state index contributed by atoms with van der Waals surface area (Å²) >= 11 is 0. The standard InChI is InChI=1S/C17H17NO3/c1-12-14(17(20)21)8-5-9-15(12)18-16(19)11-10-13-6-3-2-4-7-13/h2-9H,10-11H2,1H3,(H,18,19)(H,20,21). The zero-order valence-electron chi connectivity index (χ0n) is 11.8. The number of carboxylic acid groups (broad SMARTS) is 1. The molecule has 0 aliphatic carbocycles. The van der Waals surface area contributed by atoms with E-state index in [1.165, 1.54) is 6.07 Å². The highest BCUT2D eigenvalue weighted by atomic mass is 16.4. The van der Waals surface area contributed by atoms with Crippen LogP contribution in [0, 0.1) is 6.92 Å². The van der Waals surface area contributed by atoms with Gasteiger partial charge in [-0.1, -0.05) is 36.4 Å². The summed E-state index contributed by atoms with van der Waals surface area (Å²) in [5.41, 5.74) is 2.42. The number of carbonyl (C=O) groups is 2. The summed E-state index contributed by atoms with van der Waals surface area (Å²) in [4.78, 5) is 23.0. The van der Waals surface area contributed by atoms with Crippen LogP contribution in [-0.2, 0) is 11.2 Å². The fourth-order valence-electron chi connectivity index (χ4n) is 2.12. The average molecular weight is 283 g/mol. The van der Waals surface area contributed by atoms with E-state index < -0.39 is 5.97 Å². The van der Waals surface area contributed by atoms with Crippen molar-refractivity contribution in [2.75, 3.05) is 5.32 Å². The molecule has 0 aromatic heterocycles. The van der Waals surface area contributed by atoms with Gasteiger partial charge in [-0.15, -0.1) is 0 Å². The van der Waals surface area contributed by atoms with E-state index in [2.05, 4.69) is 5.32 Å².